The molecule has 0 fully saturated rings. The Labute approximate surface area is 85.1 Å². The summed E-state index contributed by atoms with van der Waals surface area (Å²) in [6, 6.07) is 0. The van der Waals surface area contributed by atoms with Crippen molar-refractivity contribution >= 4 is 0 Å². The molecule has 0 heterocycles. The Morgan fingerprint density at radius 3 is 1.23 bits per heavy atom. The summed E-state index contributed by atoms with van der Waals surface area (Å²) in [5, 5.41) is 0. The fraction of sp³-hybridized carbons (Fsp3) is 1.00. The van der Waals surface area contributed by atoms with Gasteiger partial charge in [-0.25, -0.2) is 0 Å². The van der Waals surface area contributed by atoms with Gasteiger partial charge in [-0.3, -0.25) is 0 Å². The second-order valence-electron chi connectivity index (χ2n) is 6.32. The first-order valence-electron chi connectivity index (χ1n) is 5.73. The molecule has 0 heteroatoms. The molecule has 0 N–H and O–H groups in total. The normalized spacial score (nSPS) is 13.4. The minimum Gasteiger partial charge on any atom is -0.0628 e. The van der Waals surface area contributed by atoms with E-state index in [0.717, 1.165) is 17.8 Å². The predicted molar refractivity (Wildman–Crippen MR) is 61.9 cm³/mol. The molecule has 0 aliphatic rings. The van der Waals surface area contributed by atoms with Gasteiger partial charge in [0.1, 0.15) is 0 Å². The molecular weight excluding hydrogens is 156 g/mol. The summed E-state index contributed by atoms with van der Waals surface area (Å²) >= 11 is 0. The van der Waals surface area contributed by atoms with Gasteiger partial charge in [0, 0.05) is 0 Å². The van der Waals surface area contributed by atoms with Gasteiger partial charge in [-0.1, -0.05) is 48.5 Å². The lowest BCUT2D eigenvalue weighted by atomic mass is 9.72. The van der Waals surface area contributed by atoms with Crippen molar-refractivity contribution in [3.05, 3.63) is 0 Å². The number of hydrogen-bond acceptors (Lipinski definition) is 0. The van der Waals surface area contributed by atoms with Gasteiger partial charge in [0.2, 0.25) is 0 Å². The van der Waals surface area contributed by atoms with Crippen molar-refractivity contribution in [2.24, 2.45) is 23.2 Å². The molecule has 0 saturated carbocycles. The molecule has 0 amide bonds. The highest BCUT2D eigenvalue weighted by Gasteiger charge is 2.25. The summed E-state index contributed by atoms with van der Waals surface area (Å²) in [6.45, 7) is 16.5. The van der Waals surface area contributed by atoms with Gasteiger partial charge in [-0.15, -0.1) is 0 Å². The first kappa shape index (κ1) is 13.0. The van der Waals surface area contributed by atoms with Gasteiger partial charge in [-0.05, 0) is 36.0 Å². The summed E-state index contributed by atoms with van der Waals surface area (Å²) in [4.78, 5) is 0. The predicted octanol–water partition coefficient (Wildman–Crippen LogP) is 4.74. The molecule has 0 rings (SSSR count). The van der Waals surface area contributed by atoms with Gasteiger partial charge < -0.3 is 0 Å². The second-order valence-corrected chi connectivity index (χ2v) is 6.32. The third-order valence-electron chi connectivity index (χ3n) is 2.74. The molecule has 0 spiro atoms. The Morgan fingerprint density at radius 2 is 1.08 bits per heavy atom. The van der Waals surface area contributed by atoms with Crippen LogP contribution in [0.1, 0.15) is 61.3 Å². The monoisotopic (exact) mass is 184 g/mol. The molecule has 0 aliphatic carbocycles. The van der Waals surface area contributed by atoms with E-state index in [0.29, 0.717) is 5.41 Å². The highest BCUT2D eigenvalue weighted by atomic mass is 14.3. The van der Waals surface area contributed by atoms with Crippen molar-refractivity contribution in [1.29, 1.82) is 0 Å². The van der Waals surface area contributed by atoms with Gasteiger partial charge in [0.25, 0.3) is 0 Å². The summed E-state index contributed by atoms with van der Waals surface area (Å²) in [5.74, 6) is 2.55. The standard InChI is InChI=1S/C13H28/c1-10(2)8-12(9-11(3)4)13(5,6)7/h10-12H,8-9H2,1-7H3. The van der Waals surface area contributed by atoms with Crippen LogP contribution in [0.15, 0.2) is 0 Å². The van der Waals surface area contributed by atoms with Crippen molar-refractivity contribution in [2.75, 3.05) is 0 Å². The Hall–Kier alpha value is 0. The van der Waals surface area contributed by atoms with Crippen LogP contribution >= 0.6 is 0 Å². The number of rotatable bonds is 4. The lowest BCUT2D eigenvalue weighted by Crippen LogP contribution is -2.23. The van der Waals surface area contributed by atoms with Crippen LogP contribution in [0, 0.1) is 23.2 Å². The van der Waals surface area contributed by atoms with E-state index in [2.05, 4.69) is 48.5 Å². The molecule has 0 saturated heterocycles. The van der Waals surface area contributed by atoms with Crippen LogP contribution in [0.25, 0.3) is 0 Å². The van der Waals surface area contributed by atoms with Crippen LogP contribution in [0.2, 0.25) is 0 Å². The SMILES string of the molecule is CC(C)CC(CC(C)C)C(C)(C)C. The molecule has 0 unspecified atom stereocenters. The Balaban J connectivity index is 4.20. The maximum atomic E-state index is 2.38. The minimum absolute atomic E-state index is 0.481. The van der Waals surface area contributed by atoms with E-state index < -0.39 is 0 Å². The maximum Gasteiger partial charge on any atom is -0.0354 e. The second kappa shape index (κ2) is 5.02. The van der Waals surface area contributed by atoms with E-state index >= 15 is 0 Å². The van der Waals surface area contributed by atoms with Crippen molar-refractivity contribution in [2.45, 2.75) is 61.3 Å². The van der Waals surface area contributed by atoms with Gasteiger partial charge >= 0.3 is 0 Å². The first-order valence-corrected chi connectivity index (χ1v) is 5.73. The van der Waals surface area contributed by atoms with E-state index in [4.69, 9.17) is 0 Å². The summed E-state index contributed by atoms with van der Waals surface area (Å²) in [7, 11) is 0. The van der Waals surface area contributed by atoms with Gasteiger partial charge in [0.15, 0.2) is 0 Å². The Kier molecular flexibility index (Phi) is 5.02. The molecule has 80 valence electrons. The van der Waals surface area contributed by atoms with Crippen molar-refractivity contribution in [1.82, 2.24) is 0 Å². The molecule has 0 atom stereocenters. The van der Waals surface area contributed by atoms with Gasteiger partial charge in [0.05, 0.1) is 0 Å². The van der Waals surface area contributed by atoms with Crippen LogP contribution in [-0.2, 0) is 0 Å². The molecular formula is C13H28. The fourth-order valence-corrected chi connectivity index (χ4v) is 1.94. The summed E-state index contributed by atoms with van der Waals surface area (Å²) in [5.41, 5.74) is 0.481. The zero-order valence-corrected chi connectivity index (χ0v) is 10.6. The highest BCUT2D eigenvalue weighted by Crippen LogP contribution is 2.35. The lowest BCUT2D eigenvalue weighted by Gasteiger charge is -2.33. The highest BCUT2D eigenvalue weighted by molar-refractivity contribution is 4.76. The third-order valence-corrected chi connectivity index (χ3v) is 2.74. The van der Waals surface area contributed by atoms with Crippen LogP contribution in [0.3, 0.4) is 0 Å². The van der Waals surface area contributed by atoms with E-state index in [-0.39, 0.29) is 0 Å². The fourth-order valence-electron chi connectivity index (χ4n) is 1.94. The largest absolute Gasteiger partial charge is 0.0628 e. The summed E-state index contributed by atoms with van der Waals surface area (Å²) in [6.07, 6.45) is 2.75. The first-order chi connectivity index (χ1) is 5.73. The van der Waals surface area contributed by atoms with Crippen molar-refractivity contribution < 1.29 is 0 Å². The van der Waals surface area contributed by atoms with Crippen LogP contribution < -0.4 is 0 Å². The number of hydrogen-bond donors (Lipinski definition) is 0. The Bertz CT molecular complexity index is 115. The van der Waals surface area contributed by atoms with Crippen LogP contribution in [0.4, 0.5) is 0 Å². The molecule has 0 aliphatic heterocycles. The van der Waals surface area contributed by atoms with Crippen LogP contribution in [0.5, 0.6) is 0 Å². The molecule has 0 aromatic heterocycles. The molecule has 0 nitrogen and oxygen atoms in total. The zero-order valence-electron chi connectivity index (χ0n) is 10.6. The maximum absolute atomic E-state index is 2.38. The quantitative estimate of drug-likeness (QED) is 0.592. The van der Waals surface area contributed by atoms with E-state index in [1.165, 1.54) is 12.8 Å². The minimum atomic E-state index is 0.481. The Morgan fingerprint density at radius 1 is 0.769 bits per heavy atom. The smallest absolute Gasteiger partial charge is 0.0354 e. The van der Waals surface area contributed by atoms with Crippen LogP contribution in [-0.4, -0.2) is 0 Å². The van der Waals surface area contributed by atoms with Crippen molar-refractivity contribution in [3.63, 3.8) is 0 Å². The topological polar surface area (TPSA) is 0 Å². The van der Waals surface area contributed by atoms with Gasteiger partial charge in [-0.2, -0.15) is 0 Å². The molecule has 0 bridgehead atoms. The van der Waals surface area contributed by atoms with E-state index in [9.17, 15) is 0 Å². The molecule has 0 radical (unpaired) electrons. The molecule has 0 aromatic carbocycles. The third kappa shape index (κ3) is 6.12. The lowest BCUT2D eigenvalue weighted by molar-refractivity contribution is 0.173. The van der Waals surface area contributed by atoms with E-state index in [1.54, 1.807) is 0 Å². The van der Waals surface area contributed by atoms with E-state index in [1.807, 2.05) is 0 Å². The average Bonchev–Trinajstić information content (AvgIpc) is 1.81. The summed E-state index contributed by atoms with van der Waals surface area (Å²) < 4.78 is 0. The average molecular weight is 184 g/mol. The zero-order chi connectivity index (χ0) is 10.6. The molecule has 13 heavy (non-hydrogen) atoms. The van der Waals surface area contributed by atoms with Crippen molar-refractivity contribution in [3.8, 4) is 0 Å². The molecule has 0 aromatic rings.